The van der Waals surface area contributed by atoms with E-state index in [0.29, 0.717) is 57.1 Å². The van der Waals surface area contributed by atoms with Crippen molar-refractivity contribution in [2.75, 3.05) is 98.2 Å². The van der Waals surface area contributed by atoms with Gasteiger partial charge in [-0.05, 0) is 75.9 Å². The monoisotopic (exact) mass is 1050 g/mol. The fraction of sp³-hybridized carbons (Fsp3) is 0.582. The lowest BCUT2D eigenvalue weighted by atomic mass is 9.84. The van der Waals surface area contributed by atoms with Crippen molar-refractivity contribution in [3.63, 3.8) is 0 Å². The van der Waals surface area contributed by atoms with Gasteiger partial charge in [0.25, 0.3) is 5.91 Å². The topological polar surface area (TPSA) is 187 Å². The number of hydrogen-bond acceptors (Lipinski definition) is 14. The number of aromatic nitrogens is 3. The van der Waals surface area contributed by atoms with E-state index in [1.165, 1.54) is 27.3 Å². The Kier molecular flexibility index (Phi) is 15.8. The number of fused-ring (bicyclic) bond motifs is 6. The zero-order valence-corrected chi connectivity index (χ0v) is 46.0. The molecular weight excluding hydrogens is 975 g/mol. The molecule has 9 rings (SSSR count). The van der Waals surface area contributed by atoms with E-state index in [4.69, 9.17) is 24.2 Å². The Bertz CT molecular complexity index is 2810. The number of hydrazine groups is 1. The van der Waals surface area contributed by atoms with Crippen molar-refractivity contribution >= 4 is 57.6 Å². The van der Waals surface area contributed by atoms with E-state index in [2.05, 4.69) is 83.8 Å². The molecule has 404 valence electrons. The first-order valence-electron chi connectivity index (χ1n) is 26.5. The predicted octanol–water partition coefficient (Wildman–Crippen LogP) is 5.13. The molecule has 5 aliphatic heterocycles. The molecular formula is C55H75N11O8S. The van der Waals surface area contributed by atoms with Gasteiger partial charge < -0.3 is 48.6 Å². The largest absolute Gasteiger partial charge is 0.464 e. The average molecular weight is 1050 g/mol. The maximum atomic E-state index is 14.8. The zero-order chi connectivity index (χ0) is 53.5. The highest BCUT2D eigenvalue weighted by atomic mass is 32.1. The number of pyridine rings is 1. The number of cyclic esters (lactones) is 1. The van der Waals surface area contributed by atoms with E-state index >= 15 is 0 Å². The number of anilines is 1. The number of ether oxygens (including phenoxy) is 3. The Labute approximate surface area is 444 Å². The van der Waals surface area contributed by atoms with Crippen molar-refractivity contribution in [3.8, 4) is 22.5 Å². The van der Waals surface area contributed by atoms with Crippen LogP contribution in [0.1, 0.15) is 76.8 Å². The molecule has 0 unspecified atom stereocenters. The van der Waals surface area contributed by atoms with E-state index < -0.39 is 46.9 Å². The molecule has 0 saturated carbocycles. The number of methoxy groups -OCH3 is 1. The van der Waals surface area contributed by atoms with Crippen molar-refractivity contribution in [3.05, 3.63) is 64.8 Å². The molecule has 8 heterocycles. The van der Waals surface area contributed by atoms with E-state index in [-0.39, 0.29) is 50.1 Å². The summed E-state index contributed by atoms with van der Waals surface area (Å²) in [5, 5.41) is 8.14. The first-order chi connectivity index (χ1) is 35.8. The highest BCUT2D eigenvalue weighted by Gasteiger charge is 2.51. The molecule has 2 N–H and O–H groups in total. The molecule has 6 bridgehead atoms. The summed E-state index contributed by atoms with van der Waals surface area (Å²) in [6, 6.07) is 5.49. The van der Waals surface area contributed by atoms with Crippen molar-refractivity contribution in [2.24, 2.45) is 11.3 Å². The summed E-state index contributed by atoms with van der Waals surface area (Å²) in [5.41, 5.74) is 9.67. The second kappa shape index (κ2) is 22.0. The van der Waals surface area contributed by atoms with Crippen LogP contribution in [0.5, 0.6) is 0 Å². The maximum Gasteiger partial charge on any atom is 0.324 e. The number of likely N-dealkylation sites (N-methyl/N-ethyl adjacent to an activating group) is 2. The van der Waals surface area contributed by atoms with Crippen LogP contribution in [0.15, 0.2) is 48.5 Å². The lowest BCUT2D eigenvalue weighted by Crippen LogP contribution is -2.73. The van der Waals surface area contributed by atoms with Gasteiger partial charge in [-0.25, -0.2) is 15.2 Å². The Morgan fingerprint density at radius 1 is 1.05 bits per heavy atom. The molecule has 0 radical (unpaired) electrons. The van der Waals surface area contributed by atoms with Crippen LogP contribution in [0, 0.1) is 11.3 Å². The summed E-state index contributed by atoms with van der Waals surface area (Å²) < 4.78 is 20.7. The summed E-state index contributed by atoms with van der Waals surface area (Å²) in [5.74, 6) is -1.91. The Balaban J connectivity index is 1.06. The van der Waals surface area contributed by atoms with Crippen LogP contribution < -0.4 is 15.6 Å². The molecule has 19 nitrogen and oxygen atoms in total. The lowest BCUT2D eigenvalue weighted by Gasteiger charge is -2.54. The quantitative estimate of drug-likeness (QED) is 0.158. The van der Waals surface area contributed by atoms with Crippen molar-refractivity contribution in [2.45, 2.75) is 104 Å². The van der Waals surface area contributed by atoms with E-state index in [0.717, 1.165) is 76.5 Å². The molecule has 4 atom stereocenters. The molecule has 4 saturated heterocycles. The van der Waals surface area contributed by atoms with Crippen LogP contribution in [0.4, 0.5) is 10.5 Å². The predicted molar refractivity (Wildman–Crippen MR) is 288 cm³/mol. The maximum absolute atomic E-state index is 14.8. The van der Waals surface area contributed by atoms with Gasteiger partial charge >= 0.3 is 12.0 Å². The lowest BCUT2D eigenvalue weighted by molar-refractivity contribution is -0.178. The number of carbonyl (C=O) groups excluding carboxylic acids is 5. The van der Waals surface area contributed by atoms with E-state index in [1.54, 1.807) is 24.0 Å². The number of esters is 1. The fourth-order valence-corrected chi connectivity index (χ4v) is 12.4. The number of hydrogen-bond donors (Lipinski definition) is 2. The Morgan fingerprint density at radius 3 is 2.51 bits per heavy atom. The molecule has 5 amide bonds. The van der Waals surface area contributed by atoms with Gasteiger partial charge in [0, 0.05) is 99.2 Å². The molecule has 3 aromatic heterocycles. The van der Waals surface area contributed by atoms with Gasteiger partial charge in [0.05, 0.1) is 72.9 Å². The Hall–Kier alpha value is -5.93. The zero-order valence-electron chi connectivity index (χ0n) is 45.1. The number of nitrogens with zero attached hydrogens (tertiary/aromatic N) is 9. The van der Waals surface area contributed by atoms with Gasteiger partial charge in [-0.15, -0.1) is 11.3 Å². The minimum absolute atomic E-state index is 0.0616. The molecule has 4 fully saturated rings. The number of rotatable bonds is 10. The summed E-state index contributed by atoms with van der Waals surface area (Å²) in [6.07, 6.45) is 4.57. The normalized spacial score (nSPS) is 22.1. The van der Waals surface area contributed by atoms with Gasteiger partial charge in [0.15, 0.2) is 0 Å². The molecule has 4 aromatic rings. The van der Waals surface area contributed by atoms with Gasteiger partial charge in [-0.2, -0.15) is 0 Å². The molecule has 75 heavy (non-hydrogen) atoms. The van der Waals surface area contributed by atoms with Crippen LogP contribution in [0.25, 0.3) is 33.4 Å². The summed E-state index contributed by atoms with van der Waals surface area (Å²) >= 11 is 1.41. The van der Waals surface area contributed by atoms with Crippen LogP contribution in [0.3, 0.4) is 0 Å². The molecule has 1 aromatic carbocycles. The molecule has 1 spiro atoms. The molecule has 20 heteroatoms. The number of nitrogens with one attached hydrogen (secondary N) is 2. The molecule has 5 aliphatic rings. The van der Waals surface area contributed by atoms with Gasteiger partial charge in [0.1, 0.15) is 23.7 Å². The molecule has 0 aliphatic carbocycles. The highest BCUT2D eigenvalue weighted by molar-refractivity contribution is 7.10. The number of urea groups is 1. The van der Waals surface area contributed by atoms with Crippen molar-refractivity contribution in [1.29, 1.82) is 0 Å². The van der Waals surface area contributed by atoms with Gasteiger partial charge in [-0.3, -0.25) is 29.2 Å². The van der Waals surface area contributed by atoms with E-state index in [1.807, 2.05) is 32.3 Å². The van der Waals surface area contributed by atoms with Crippen LogP contribution in [0.2, 0.25) is 0 Å². The highest BCUT2D eigenvalue weighted by Crippen LogP contribution is 2.43. The first-order valence-corrected chi connectivity index (χ1v) is 27.4. The van der Waals surface area contributed by atoms with Crippen molar-refractivity contribution in [1.82, 2.24) is 49.9 Å². The van der Waals surface area contributed by atoms with Crippen LogP contribution >= 0.6 is 11.3 Å². The fourth-order valence-electron chi connectivity index (χ4n) is 11.5. The number of benzene rings is 1. The minimum atomic E-state index is -1.10. The first kappa shape index (κ1) is 53.9. The van der Waals surface area contributed by atoms with Gasteiger partial charge in [0.2, 0.25) is 11.8 Å². The number of aryl methyl sites for hydroxylation is 1. The third-order valence-electron chi connectivity index (χ3n) is 15.7. The number of morpholine rings is 1. The Morgan fingerprint density at radius 2 is 1.80 bits per heavy atom. The average Bonchev–Trinajstić information content (AvgIpc) is 4.01. The van der Waals surface area contributed by atoms with Crippen molar-refractivity contribution < 1.29 is 38.2 Å². The summed E-state index contributed by atoms with van der Waals surface area (Å²) in [6.45, 7) is 22.2. The third kappa shape index (κ3) is 11.0. The summed E-state index contributed by atoms with van der Waals surface area (Å²) in [7, 11) is 5.46. The number of carbonyl (C=O) groups is 5. The SMILES string of the molecule is C=CC(=O)N1CCOC2(C1)CN(C(=O)N(C)[C@H](C(=O)N[C@H]1Cc3nc(cs3)-c3ccc4c(c3)c(c(-c3cc(N5CCN(C)CC5)cnc3[C@H](C)OC)n4CC)CC(C)(C)COC(=O)[C@@H]3CCCN(N3)C1=O)C(C)C)C2. The third-order valence-corrected chi connectivity index (χ3v) is 16.5. The second-order valence-electron chi connectivity index (χ2n) is 22.2. The van der Waals surface area contributed by atoms with Gasteiger partial charge in [-0.1, -0.05) is 40.3 Å². The number of piperazine rings is 1. The van der Waals surface area contributed by atoms with Crippen LogP contribution in [-0.4, -0.2) is 186 Å². The minimum Gasteiger partial charge on any atom is -0.464 e. The number of amides is 5. The number of likely N-dealkylation sites (tertiary alicyclic amines) is 1. The van der Waals surface area contributed by atoms with Crippen LogP contribution in [-0.2, 0) is 52.8 Å². The number of thiazole rings is 1. The smallest absolute Gasteiger partial charge is 0.324 e. The second-order valence-corrected chi connectivity index (χ2v) is 23.1. The van der Waals surface area contributed by atoms with E-state index in [9.17, 15) is 24.0 Å². The standard InChI is InChI=1S/C55H75N11O8S/c1-11-46(67)63-22-23-74-55(30-63)31-64(32-55)53(71)61(9)48(34(3)4)50(68)58-42-26-45-57-43(29-75-45)36-15-16-44-38(24-36)40(27-54(6,7)33-73-52(70)41-14-13-17-66(59-41)51(42)69)49(65(44)12-2)39-25-37(28-56-47(39)35(5)72-10)62-20-18-60(8)19-21-62/h11,15-16,24-25,28-29,34-35,41-42,48,59H,1,12-14,17-23,26-27,30-33H2,2-10H3,(H,58,68)/t35-,41-,42-,48-/m0/s1. The summed E-state index contributed by atoms with van der Waals surface area (Å²) in [4.78, 5) is 89.8.